The topological polar surface area (TPSA) is 3.24 Å². The van der Waals surface area contributed by atoms with Crippen molar-refractivity contribution in [3.05, 3.63) is 85.1 Å². The zero-order chi connectivity index (χ0) is 25.9. The van der Waals surface area contributed by atoms with E-state index in [0.717, 1.165) is 12.8 Å². The fourth-order valence-corrected chi connectivity index (χ4v) is 5.42. The van der Waals surface area contributed by atoms with E-state index in [-0.39, 0.29) is 16.5 Å². The molecule has 0 saturated heterocycles. The molecule has 0 aliphatic carbocycles. The first kappa shape index (κ1) is 31.1. The molecule has 0 heterocycles. The van der Waals surface area contributed by atoms with Crippen molar-refractivity contribution in [2.75, 3.05) is 7.05 Å². The van der Waals surface area contributed by atoms with Crippen molar-refractivity contribution in [2.45, 2.75) is 93.2 Å². The molecule has 0 aliphatic heterocycles. The van der Waals surface area contributed by atoms with Crippen molar-refractivity contribution in [1.82, 2.24) is 4.90 Å². The molecular weight excluding hydrogens is 398 g/mol. The second-order valence-electron chi connectivity index (χ2n) is 10.8. The molecular formula is C32H53N. The monoisotopic (exact) mass is 451 g/mol. The molecule has 33 heavy (non-hydrogen) atoms. The van der Waals surface area contributed by atoms with Crippen LogP contribution >= 0.6 is 0 Å². The summed E-state index contributed by atoms with van der Waals surface area (Å²) in [6.07, 6.45) is 23.5. The van der Waals surface area contributed by atoms with E-state index in [2.05, 4.69) is 143 Å². The molecule has 0 aromatic rings. The number of hydrogen-bond acceptors (Lipinski definition) is 1. The molecule has 186 valence electrons. The average Bonchev–Trinajstić information content (AvgIpc) is 2.74. The lowest BCUT2D eigenvalue weighted by molar-refractivity contribution is 0.0126. The highest BCUT2D eigenvalue weighted by atomic mass is 15.2. The van der Waals surface area contributed by atoms with Crippen LogP contribution in [0, 0.1) is 17.3 Å². The van der Waals surface area contributed by atoms with Crippen molar-refractivity contribution in [2.24, 2.45) is 17.3 Å². The van der Waals surface area contributed by atoms with Crippen molar-refractivity contribution in [3.63, 3.8) is 0 Å². The van der Waals surface area contributed by atoms with Crippen LogP contribution in [0.3, 0.4) is 0 Å². The molecule has 0 fully saturated rings. The first-order chi connectivity index (χ1) is 15.3. The molecule has 2 unspecified atom stereocenters. The summed E-state index contributed by atoms with van der Waals surface area (Å²) in [5, 5.41) is 0. The predicted octanol–water partition coefficient (Wildman–Crippen LogP) is 9.49. The van der Waals surface area contributed by atoms with E-state index in [1.165, 1.54) is 11.1 Å². The summed E-state index contributed by atoms with van der Waals surface area (Å²) in [6.45, 7) is 31.1. The zero-order valence-corrected chi connectivity index (χ0v) is 23.7. The minimum Gasteiger partial charge on any atom is -0.296 e. The number of rotatable bonds is 14. The SMILES string of the molecule is C=C/C=C\C(=C/C=C)C(C(/C=C\C)=C/C=C\C)(C(C)C)C(C)CC(C)(C)N(C)C(C)(C)CC. The van der Waals surface area contributed by atoms with Crippen LogP contribution in [0.5, 0.6) is 0 Å². The molecule has 0 amide bonds. The van der Waals surface area contributed by atoms with E-state index in [4.69, 9.17) is 0 Å². The van der Waals surface area contributed by atoms with E-state index in [1.54, 1.807) is 0 Å². The molecule has 0 radical (unpaired) electrons. The Kier molecular flexibility index (Phi) is 13.0. The second kappa shape index (κ2) is 13.8. The van der Waals surface area contributed by atoms with Crippen LogP contribution in [0.2, 0.25) is 0 Å². The van der Waals surface area contributed by atoms with Gasteiger partial charge in [0.05, 0.1) is 0 Å². The number of allylic oxidation sites excluding steroid dienone is 12. The van der Waals surface area contributed by atoms with Crippen LogP contribution < -0.4 is 0 Å². The van der Waals surface area contributed by atoms with Gasteiger partial charge in [0.1, 0.15) is 0 Å². The van der Waals surface area contributed by atoms with Crippen molar-refractivity contribution >= 4 is 0 Å². The summed E-state index contributed by atoms with van der Waals surface area (Å²) in [5.41, 5.74) is 2.60. The van der Waals surface area contributed by atoms with Gasteiger partial charge >= 0.3 is 0 Å². The molecule has 0 saturated carbocycles. The highest BCUT2D eigenvalue weighted by molar-refractivity contribution is 5.46. The largest absolute Gasteiger partial charge is 0.296 e. The van der Waals surface area contributed by atoms with Gasteiger partial charge in [0.2, 0.25) is 0 Å². The Morgan fingerprint density at radius 1 is 0.818 bits per heavy atom. The van der Waals surface area contributed by atoms with Gasteiger partial charge in [-0.15, -0.1) is 0 Å². The Morgan fingerprint density at radius 2 is 1.39 bits per heavy atom. The van der Waals surface area contributed by atoms with Gasteiger partial charge < -0.3 is 0 Å². The standard InChI is InChI=1S/C32H53N/c1-14-19-23-28(21-16-3)32(26(6)7,29(22-17-4)24-20-15-2)27(8)25-31(11,12)33(13)30(9,10)18-5/h14-17,19-24,26-27H,1,3,18,25H2,2,4-13H3/b20-15-,22-17-,23-19-,28-21+,29-24+. The quantitative estimate of drug-likeness (QED) is 0.238. The van der Waals surface area contributed by atoms with E-state index >= 15 is 0 Å². The molecule has 0 aromatic carbocycles. The van der Waals surface area contributed by atoms with E-state index in [0.29, 0.717) is 11.8 Å². The average molecular weight is 452 g/mol. The van der Waals surface area contributed by atoms with Gasteiger partial charge in [-0.2, -0.15) is 0 Å². The maximum absolute atomic E-state index is 4.06. The highest BCUT2D eigenvalue weighted by Crippen LogP contribution is 2.53. The molecule has 1 nitrogen and oxygen atoms in total. The first-order valence-corrected chi connectivity index (χ1v) is 12.7. The number of hydrogen-bond donors (Lipinski definition) is 0. The van der Waals surface area contributed by atoms with Gasteiger partial charge in [0, 0.05) is 16.5 Å². The lowest BCUT2D eigenvalue weighted by Crippen LogP contribution is -2.54. The Balaban J connectivity index is 7.15. The third kappa shape index (κ3) is 7.57. The van der Waals surface area contributed by atoms with Gasteiger partial charge in [-0.05, 0) is 84.4 Å². The van der Waals surface area contributed by atoms with Crippen LogP contribution in [0.15, 0.2) is 85.1 Å². The van der Waals surface area contributed by atoms with E-state index in [9.17, 15) is 0 Å². The van der Waals surface area contributed by atoms with E-state index in [1.807, 2.05) is 12.2 Å². The van der Waals surface area contributed by atoms with Crippen molar-refractivity contribution in [3.8, 4) is 0 Å². The van der Waals surface area contributed by atoms with Crippen LogP contribution in [-0.2, 0) is 0 Å². The smallest absolute Gasteiger partial charge is 0.0251 e. The van der Waals surface area contributed by atoms with Gasteiger partial charge in [0.15, 0.2) is 0 Å². The van der Waals surface area contributed by atoms with Crippen LogP contribution in [0.25, 0.3) is 0 Å². The normalized spacial score (nSPS) is 17.5. The molecule has 0 bridgehead atoms. The molecule has 1 heteroatoms. The molecule has 0 aliphatic rings. The summed E-state index contributed by atoms with van der Waals surface area (Å²) in [5.74, 6) is 0.747. The molecule has 0 aromatic heterocycles. The van der Waals surface area contributed by atoms with Gasteiger partial charge in [-0.1, -0.05) is 102 Å². The Bertz CT molecular complexity index is 762. The minimum absolute atomic E-state index is 0.0299. The minimum atomic E-state index is -0.186. The predicted molar refractivity (Wildman–Crippen MR) is 153 cm³/mol. The Labute approximate surface area is 207 Å². The van der Waals surface area contributed by atoms with Crippen LogP contribution in [-0.4, -0.2) is 23.0 Å². The number of nitrogens with zero attached hydrogens (tertiary/aromatic N) is 1. The Hall–Kier alpha value is -1.86. The summed E-state index contributed by atoms with van der Waals surface area (Å²) >= 11 is 0. The fourth-order valence-electron chi connectivity index (χ4n) is 5.42. The summed E-state index contributed by atoms with van der Waals surface area (Å²) < 4.78 is 0. The zero-order valence-electron chi connectivity index (χ0n) is 23.7. The van der Waals surface area contributed by atoms with Crippen LogP contribution in [0.4, 0.5) is 0 Å². The highest BCUT2D eigenvalue weighted by Gasteiger charge is 2.46. The summed E-state index contributed by atoms with van der Waals surface area (Å²) in [7, 11) is 2.29. The maximum Gasteiger partial charge on any atom is 0.0251 e. The van der Waals surface area contributed by atoms with E-state index < -0.39 is 0 Å². The third-order valence-corrected chi connectivity index (χ3v) is 7.65. The first-order valence-electron chi connectivity index (χ1n) is 12.7. The molecule has 0 N–H and O–H groups in total. The lowest BCUT2D eigenvalue weighted by atomic mass is 9.56. The van der Waals surface area contributed by atoms with Crippen molar-refractivity contribution in [1.29, 1.82) is 0 Å². The maximum atomic E-state index is 4.06. The fraction of sp³-hybridized carbons (Fsp3) is 0.562. The molecule has 0 rings (SSSR count). The molecule has 2 atom stereocenters. The third-order valence-electron chi connectivity index (χ3n) is 7.65. The van der Waals surface area contributed by atoms with Crippen LogP contribution in [0.1, 0.15) is 82.1 Å². The van der Waals surface area contributed by atoms with Crippen molar-refractivity contribution < 1.29 is 0 Å². The lowest BCUT2D eigenvalue weighted by Gasteiger charge is -2.52. The second-order valence-corrected chi connectivity index (χ2v) is 10.8. The van der Waals surface area contributed by atoms with Gasteiger partial charge in [0.25, 0.3) is 0 Å². The summed E-state index contributed by atoms with van der Waals surface area (Å²) in [4.78, 5) is 2.57. The van der Waals surface area contributed by atoms with Gasteiger partial charge in [-0.3, -0.25) is 4.90 Å². The van der Waals surface area contributed by atoms with Gasteiger partial charge in [-0.25, -0.2) is 0 Å². The molecule has 0 spiro atoms. The summed E-state index contributed by atoms with van der Waals surface area (Å²) in [6, 6.07) is 0. The Morgan fingerprint density at radius 3 is 1.82 bits per heavy atom.